The predicted molar refractivity (Wildman–Crippen MR) is 42.7 cm³/mol. The van der Waals surface area contributed by atoms with Gasteiger partial charge >= 0.3 is 0 Å². The average molecular weight is 160 g/mol. The molecule has 10 heavy (non-hydrogen) atoms. The Morgan fingerprint density at radius 1 is 1.30 bits per heavy atom. The first-order valence-electron chi connectivity index (χ1n) is 3.36. The molecule has 0 fully saturated rings. The van der Waals surface area contributed by atoms with Crippen LogP contribution in [0.5, 0.6) is 0 Å². The maximum atomic E-state index is 11.5. The van der Waals surface area contributed by atoms with Gasteiger partial charge in [-0.2, -0.15) is 0 Å². The molecule has 0 aromatic rings. The van der Waals surface area contributed by atoms with E-state index in [1.165, 1.54) is 18.3 Å². The largest absolute Gasteiger partial charge is 0.331 e. The monoisotopic (exact) mass is 160 g/mol. The van der Waals surface area contributed by atoms with Crippen molar-refractivity contribution in [2.45, 2.75) is 13.8 Å². The zero-order valence-corrected chi connectivity index (χ0v) is 7.57. The Morgan fingerprint density at radius 2 is 1.70 bits per heavy atom. The van der Waals surface area contributed by atoms with Crippen LogP contribution in [0.3, 0.4) is 0 Å². The van der Waals surface area contributed by atoms with Crippen LogP contribution in [0, 0.1) is 0 Å². The minimum Gasteiger partial charge on any atom is -0.331 e. The van der Waals surface area contributed by atoms with Crippen LogP contribution >= 0.6 is 7.37 Å². The zero-order chi connectivity index (χ0) is 7.78. The van der Waals surface area contributed by atoms with Gasteiger partial charge in [-0.15, -0.1) is 0 Å². The molecular weight excluding hydrogens is 147 g/mol. The van der Waals surface area contributed by atoms with Crippen molar-refractivity contribution in [3.8, 4) is 0 Å². The number of rotatable bonds is 1. The Hall–Kier alpha value is -0.0700. The van der Waals surface area contributed by atoms with Gasteiger partial charge in [0.2, 0.25) is 7.37 Å². The van der Waals surface area contributed by atoms with Crippen LogP contribution in [0.25, 0.3) is 0 Å². The summed E-state index contributed by atoms with van der Waals surface area (Å²) in [6, 6.07) is 0. The Labute approximate surface area is 61.7 Å². The van der Waals surface area contributed by atoms with Crippen molar-refractivity contribution in [3.05, 3.63) is 11.1 Å². The molecule has 0 spiro atoms. The highest BCUT2D eigenvalue weighted by Gasteiger charge is 2.29. The van der Waals surface area contributed by atoms with Crippen molar-refractivity contribution in [2.24, 2.45) is 0 Å². The van der Waals surface area contributed by atoms with Crippen molar-refractivity contribution in [1.82, 2.24) is 0 Å². The normalized spacial score (nSPS) is 23.9. The van der Waals surface area contributed by atoms with Crippen LogP contribution in [-0.4, -0.2) is 19.4 Å². The lowest BCUT2D eigenvalue weighted by Gasteiger charge is -2.07. The minimum atomic E-state index is -2.24. The molecule has 0 bridgehead atoms. The highest BCUT2D eigenvalue weighted by molar-refractivity contribution is 7.59. The van der Waals surface area contributed by atoms with Crippen LogP contribution < -0.4 is 0 Å². The van der Waals surface area contributed by atoms with Gasteiger partial charge in [0.15, 0.2) is 0 Å². The Kier molecular flexibility index (Phi) is 2.02. The molecule has 0 saturated heterocycles. The molecule has 58 valence electrons. The van der Waals surface area contributed by atoms with E-state index in [2.05, 4.69) is 0 Å². The third-order valence-electron chi connectivity index (χ3n) is 2.02. The fraction of sp³-hybridized carbons (Fsp3) is 0.714. The van der Waals surface area contributed by atoms with E-state index in [-0.39, 0.29) is 0 Å². The molecule has 0 amide bonds. The topological polar surface area (TPSA) is 26.3 Å². The van der Waals surface area contributed by atoms with E-state index in [4.69, 9.17) is 4.52 Å². The van der Waals surface area contributed by atoms with Gasteiger partial charge in [-0.1, -0.05) is 11.1 Å². The fourth-order valence-electron chi connectivity index (χ4n) is 1.18. The summed E-state index contributed by atoms with van der Waals surface area (Å²) in [5, 5.41) is 0. The minimum absolute atomic E-state index is 0.662. The lowest BCUT2D eigenvalue weighted by molar-refractivity contribution is 0.399. The Balaban J connectivity index is 2.76. The van der Waals surface area contributed by atoms with Gasteiger partial charge in [0.1, 0.15) is 0 Å². The molecule has 0 unspecified atom stereocenters. The van der Waals surface area contributed by atoms with Crippen LogP contribution in [0.1, 0.15) is 13.8 Å². The SMILES string of the molecule is COP1(=O)CC(C)=C(C)C1. The highest BCUT2D eigenvalue weighted by atomic mass is 31.2. The molecule has 1 aliphatic rings. The third kappa shape index (κ3) is 1.33. The van der Waals surface area contributed by atoms with Gasteiger partial charge < -0.3 is 4.52 Å². The highest BCUT2D eigenvalue weighted by Crippen LogP contribution is 2.54. The molecule has 0 radical (unpaired) electrons. The molecule has 0 aromatic heterocycles. The summed E-state index contributed by atoms with van der Waals surface area (Å²) < 4.78 is 16.5. The van der Waals surface area contributed by atoms with E-state index in [9.17, 15) is 4.57 Å². The van der Waals surface area contributed by atoms with E-state index >= 15 is 0 Å². The quantitative estimate of drug-likeness (QED) is 0.434. The average Bonchev–Trinajstić information content (AvgIpc) is 2.10. The fourth-order valence-corrected chi connectivity index (χ4v) is 3.53. The predicted octanol–water partition coefficient (Wildman–Crippen LogP) is 2.26. The molecule has 0 N–H and O–H groups in total. The van der Waals surface area contributed by atoms with Gasteiger partial charge in [0.05, 0.1) is 0 Å². The maximum absolute atomic E-state index is 11.5. The first-order valence-corrected chi connectivity index (χ1v) is 5.36. The Morgan fingerprint density at radius 3 is 1.90 bits per heavy atom. The number of hydrogen-bond acceptors (Lipinski definition) is 2. The van der Waals surface area contributed by atoms with Gasteiger partial charge in [-0.05, 0) is 13.8 Å². The van der Waals surface area contributed by atoms with Gasteiger partial charge in [0.25, 0.3) is 0 Å². The summed E-state index contributed by atoms with van der Waals surface area (Å²) in [4.78, 5) is 0. The van der Waals surface area contributed by atoms with Crippen LogP contribution in [0.15, 0.2) is 11.1 Å². The third-order valence-corrected chi connectivity index (χ3v) is 4.60. The molecule has 0 aliphatic carbocycles. The van der Waals surface area contributed by atoms with Gasteiger partial charge in [-0.3, -0.25) is 4.57 Å². The Bertz CT molecular complexity index is 200. The summed E-state index contributed by atoms with van der Waals surface area (Å²) in [6.45, 7) is 4.04. The molecule has 1 heterocycles. The lowest BCUT2D eigenvalue weighted by atomic mass is 10.2. The first kappa shape index (κ1) is 8.03. The van der Waals surface area contributed by atoms with Crippen LogP contribution in [-0.2, 0) is 9.09 Å². The molecule has 1 aliphatic heterocycles. The molecule has 0 aromatic carbocycles. The van der Waals surface area contributed by atoms with Crippen molar-refractivity contribution in [2.75, 3.05) is 19.4 Å². The van der Waals surface area contributed by atoms with Crippen molar-refractivity contribution >= 4 is 7.37 Å². The second-order valence-electron chi connectivity index (χ2n) is 2.87. The second kappa shape index (κ2) is 2.52. The van der Waals surface area contributed by atoms with Crippen LogP contribution in [0.2, 0.25) is 0 Å². The molecule has 1 rings (SSSR count). The van der Waals surface area contributed by atoms with E-state index in [0.29, 0.717) is 12.3 Å². The van der Waals surface area contributed by atoms with E-state index in [1.807, 2.05) is 13.8 Å². The summed E-state index contributed by atoms with van der Waals surface area (Å²) in [5.41, 5.74) is 2.48. The summed E-state index contributed by atoms with van der Waals surface area (Å²) >= 11 is 0. The van der Waals surface area contributed by atoms with Crippen molar-refractivity contribution in [1.29, 1.82) is 0 Å². The summed E-state index contributed by atoms with van der Waals surface area (Å²) in [5.74, 6) is 0. The lowest BCUT2D eigenvalue weighted by Crippen LogP contribution is -1.88. The first-order chi connectivity index (χ1) is 4.57. The molecule has 0 saturated carbocycles. The number of allylic oxidation sites excluding steroid dienone is 2. The standard InChI is InChI=1S/C7H13O2P/c1-6-4-10(8,9-3)5-7(6)2/h4-5H2,1-3H3. The van der Waals surface area contributed by atoms with Crippen molar-refractivity contribution < 1.29 is 9.09 Å². The molecular formula is C7H13O2P. The number of hydrogen-bond donors (Lipinski definition) is 0. The smallest absolute Gasteiger partial charge is 0.210 e. The summed E-state index contributed by atoms with van der Waals surface area (Å²) in [7, 11) is -0.703. The van der Waals surface area contributed by atoms with Gasteiger partial charge in [0, 0.05) is 19.4 Å². The second-order valence-corrected chi connectivity index (χ2v) is 5.50. The molecule has 3 heteroatoms. The maximum Gasteiger partial charge on any atom is 0.210 e. The van der Waals surface area contributed by atoms with Crippen molar-refractivity contribution in [3.63, 3.8) is 0 Å². The van der Waals surface area contributed by atoms with Crippen LogP contribution in [0.4, 0.5) is 0 Å². The molecule has 2 nitrogen and oxygen atoms in total. The van der Waals surface area contributed by atoms with Gasteiger partial charge in [-0.25, -0.2) is 0 Å². The molecule has 0 atom stereocenters. The summed E-state index contributed by atoms with van der Waals surface area (Å²) in [6.07, 6.45) is 1.32. The van der Waals surface area contributed by atoms with E-state index in [1.54, 1.807) is 0 Å². The van der Waals surface area contributed by atoms with E-state index < -0.39 is 7.37 Å². The van der Waals surface area contributed by atoms with E-state index in [0.717, 1.165) is 0 Å². The zero-order valence-electron chi connectivity index (χ0n) is 6.68.